The number of carbonyl (C=O) groups excluding carboxylic acids is 1. The molecule has 3 heterocycles. The highest BCUT2D eigenvalue weighted by atomic mass is 19.1. The monoisotopic (exact) mass is 438 g/mol. The Morgan fingerprint density at radius 1 is 1.03 bits per heavy atom. The van der Waals surface area contributed by atoms with E-state index < -0.39 is 0 Å². The van der Waals surface area contributed by atoms with Gasteiger partial charge in [-0.05, 0) is 51.0 Å². The normalized spacial score (nSPS) is 15.4. The first-order chi connectivity index (χ1) is 15.4. The Balaban J connectivity index is 1.30. The zero-order valence-corrected chi connectivity index (χ0v) is 19.1. The van der Waals surface area contributed by atoms with E-state index in [4.69, 9.17) is 4.52 Å². The molecule has 0 amide bonds. The van der Waals surface area contributed by atoms with Crippen molar-refractivity contribution in [3.8, 4) is 0 Å². The van der Waals surface area contributed by atoms with Gasteiger partial charge >= 0.3 is 0 Å². The zero-order valence-electron chi connectivity index (χ0n) is 19.1. The molecule has 1 aliphatic rings. The first-order valence-corrected chi connectivity index (χ1v) is 11.2. The van der Waals surface area contributed by atoms with Gasteiger partial charge < -0.3 is 9.09 Å². The third kappa shape index (κ3) is 5.34. The van der Waals surface area contributed by atoms with Gasteiger partial charge in [-0.2, -0.15) is 0 Å². The molecule has 0 atom stereocenters. The second-order valence-electron chi connectivity index (χ2n) is 8.72. The summed E-state index contributed by atoms with van der Waals surface area (Å²) < 4.78 is 20.5. The summed E-state index contributed by atoms with van der Waals surface area (Å²) in [4.78, 5) is 17.6. The third-order valence-corrected chi connectivity index (χ3v) is 6.31. The lowest BCUT2D eigenvalue weighted by molar-refractivity contribution is 0.0840. The molecule has 0 radical (unpaired) electrons. The Labute approximate surface area is 188 Å². The molecule has 1 saturated heterocycles. The molecule has 0 saturated carbocycles. The highest BCUT2D eigenvalue weighted by Crippen LogP contribution is 2.18. The molecule has 0 unspecified atom stereocenters. The second kappa shape index (κ2) is 9.79. The molecule has 1 aromatic carbocycles. The minimum absolute atomic E-state index is 0.173. The molecular formula is C25H31FN4O2. The maximum absolute atomic E-state index is 13.1. The fraction of sp³-hybridized carbons (Fsp3) is 0.440. The van der Waals surface area contributed by atoms with E-state index >= 15 is 0 Å². The van der Waals surface area contributed by atoms with Crippen molar-refractivity contribution in [1.29, 1.82) is 0 Å². The summed E-state index contributed by atoms with van der Waals surface area (Å²) in [5.41, 5.74) is 4.95. The number of rotatable bonds is 8. The Kier molecular flexibility index (Phi) is 6.86. The molecule has 170 valence electrons. The number of hydrogen-bond donors (Lipinski definition) is 0. The van der Waals surface area contributed by atoms with Crippen molar-refractivity contribution in [2.45, 2.75) is 40.3 Å². The van der Waals surface area contributed by atoms with Gasteiger partial charge in [0, 0.05) is 62.3 Å². The van der Waals surface area contributed by atoms with Crippen molar-refractivity contribution < 1.29 is 13.7 Å². The average Bonchev–Trinajstić information content (AvgIpc) is 3.31. The first-order valence-electron chi connectivity index (χ1n) is 11.2. The van der Waals surface area contributed by atoms with Gasteiger partial charge in [0.05, 0.1) is 12.2 Å². The molecule has 32 heavy (non-hydrogen) atoms. The van der Waals surface area contributed by atoms with Crippen LogP contribution in [0.2, 0.25) is 0 Å². The summed E-state index contributed by atoms with van der Waals surface area (Å²) in [6.45, 7) is 11.5. The molecule has 3 aromatic rings. The number of nitrogens with zero attached hydrogens (tertiary/aromatic N) is 4. The number of aryl methyl sites for hydroxylation is 3. The van der Waals surface area contributed by atoms with Crippen LogP contribution in [0.3, 0.4) is 0 Å². The zero-order chi connectivity index (χ0) is 22.7. The van der Waals surface area contributed by atoms with Crippen molar-refractivity contribution in [2.24, 2.45) is 0 Å². The molecule has 0 N–H and O–H groups in total. The number of Topliss-reactive ketones (excluding diaryl/α,β-unsaturated/α-hetero) is 1. The van der Waals surface area contributed by atoms with Crippen molar-refractivity contribution in [2.75, 3.05) is 32.7 Å². The Morgan fingerprint density at radius 2 is 1.72 bits per heavy atom. The summed E-state index contributed by atoms with van der Waals surface area (Å²) in [6, 6.07) is 10.6. The van der Waals surface area contributed by atoms with Crippen LogP contribution in [0.1, 0.15) is 38.8 Å². The smallest absolute Gasteiger partial charge is 0.178 e. The molecule has 0 spiro atoms. The summed E-state index contributed by atoms with van der Waals surface area (Å²) >= 11 is 0. The van der Waals surface area contributed by atoms with Crippen molar-refractivity contribution in [1.82, 2.24) is 19.5 Å². The lowest BCUT2D eigenvalue weighted by atomic mass is 10.1. The van der Waals surface area contributed by atoms with E-state index in [-0.39, 0.29) is 11.6 Å². The third-order valence-electron chi connectivity index (χ3n) is 6.31. The van der Waals surface area contributed by atoms with E-state index in [0.29, 0.717) is 6.54 Å². The minimum atomic E-state index is -0.218. The van der Waals surface area contributed by atoms with Gasteiger partial charge in [0.15, 0.2) is 5.78 Å². The number of carbonyl (C=O) groups is 1. The van der Waals surface area contributed by atoms with Crippen molar-refractivity contribution in [3.05, 3.63) is 76.2 Å². The topological polar surface area (TPSA) is 54.5 Å². The van der Waals surface area contributed by atoms with Crippen LogP contribution >= 0.6 is 0 Å². The molecular weight excluding hydrogens is 407 g/mol. The van der Waals surface area contributed by atoms with E-state index in [0.717, 1.165) is 79.7 Å². The summed E-state index contributed by atoms with van der Waals surface area (Å²) in [5, 5.41) is 4.07. The minimum Gasteiger partial charge on any atom is -0.361 e. The SMILES string of the molecule is Cc1cc(CN2CCN(CC(=O)c3cc(C)n(CCc4ccc(F)cc4)c3C)CC2)no1. The average molecular weight is 439 g/mol. The van der Waals surface area contributed by atoms with Crippen molar-refractivity contribution in [3.63, 3.8) is 0 Å². The van der Waals surface area contributed by atoms with Crippen LogP contribution in [0.4, 0.5) is 4.39 Å². The number of benzene rings is 1. The standard InChI is InChI=1S/C25H31FN4O2/c1-18-14-24(20(3)30(18)9-8-21-4-6-22(26)7-5-21)25(31)17-29-12-10-28(11-13-29)16-23-15-19(2)32-27-23/h4-7,14-15H,8-13,16-17H2,1-3H3. The van der Waals surface area contributed by atoms with Crippen LogP contribution in [0.25, 0.3) is 0 Å². The summed E-state index contributed by atoms with van der Waals surface area (Å²) in [6.07, 6.45) is 0.803. The van der Waals surface area contributed by atoms with Gasteiger partial charge in [0.2, 0.25) is 0 Å². The number of aromatic nitrogens is 2. The molecule has 1 fully saturated rings. The fourth-order valence-electron chi connectivity index (χ4n) is 4.43. The lowest BCUT2D eigenvalue weighted by Crippen LogP contribution is -2.47. The van der Waals surface area contributed by atoms with E-state index in [2.05, 4.69) is 19.5 Å². The van der Waals surface area contributed by atoms with E-state index in [9.17, 15) is 9.18 Å². The van der Waals surface area contributed by atoms with Crippen LogP contribution in [-0.4, -0.2) is 58.0 Å². The van der Waals surface area contributed by atoms with Crippen LogP contribution in [0.5, 0.6) is 0 Å². The van der Waals surface area contributed by atoms with Gasteiger partial charge in [-0.25, -0.2) is 4.39 Å². The summed E-state index contributed by atoms with van der Waals surface area (Å²) in [5.74, 6) is 0.787. The first kappa shape index (κ1) is 22.4. The molecule has 0 aliphatic carbocycles. The Bertz CT molecular complexity index is 1060. The fourth-order valence-corrected chi connectivity index (χ4v) is 4.43. The predicted octanol–water partition coefficient (Wildman–Crippen LogP) is 3.78. The lowest BCUT2D eigenvalue weighted by Gasteiger charge is -2.33. The van der Waals surface area contributed by atoms with Gasteiger partial charge in [0.1, 0.15) is 11.6 Å². The molecule has 7 heteroatoms. The van der Waals surface area contributed by atoms with E-state index in [1.807, 2.05) is 45.0 Å². The Morgan fingerprint density at radius 3 is 2.38 bits per heavy atom. The molecule has 2 aromatic heterocycles. The van der Waals surface area contributed by atoms with Gasteiger partial charge in [-0.3, -0.25) is 14.6 Å². The quantitative estimate of drug-likeness (QED) is 0.501. The van der Waals surface area contributed by atoms with Gasteiger partial charge in [-0.15, -0.1) is 0 Å². The number of hydrogen-bond acceptors (Lipinski definition) is 5. The Hall–Kier alpha value is -2.77. The largest absolute Gasteiger partial charge is 0.361 e. The molecule has 4 rings (SSSR count). The van der Waals surface area contributed by atoms with Crippen molar-refractivity contribution >= 4 is 5.78 Å². The second-order valence-corrected chi connectivity index (χ2v) is 8.72. The maximum Gasteiger partial charge on any atom is 0.178 e. The number of halogens is 1. The highest BCUT2D eigenvalue weighted by molar-refractivity contribution is 5.99. The molecule has 0 bridgehead atoms. The summed E-state index contributed by atoms with van der Waals surface area (Å²) in [7, 11) is 0. The number of ketones is 1. The van der Waals surface area contributed by atoms with Crippen LogP contribution in [0.15, 0.2) is 40.9 Å². The van der Waals surface area contributed by atoms with Crippen LogP contribution in [0, 0.1) is 26.6 Å². The van der Waals surface area contributed by atoms with Gasteiger partial charge in [0.25, 0.3) is 0 Å². The maximum atomic E-state index is 13.1. The van der Waals surface area contributed by atoms with Crippen LogP contribution < -0.4 is 0 Å². The molecule has 1 aliphatic heterocycles. The highest BCUT2D eigenvalue weighted by Gasteiger charge is 2.22. The van der Waals surface area contributed by atoms with Crippen LogP contribution in [-0.2, 0) is 19.5 Å². The van der Waals surface area contributed by atoms with E-state index in [1.165, 1.54) is 12.1 Å². The predicted molar refractivity (Wildman–Crippen MR) is 121 cm³/mol. The molecule has 6 nitrogen and oxygen atoms in total. The number of piperazine rings is 1. The van der Waals surface area contributed by atoms with E-state index in [1.54, 1.807) is 0 Å². The van der Waals surface area contributed by atoms with Gasteiger partial charge in [-0.1, -0.05) is 17.3 Å².